The molecule has 1 amide bonds. The summed E-state index contributed by atoms with van der Waals surface area (Å²) >= 11 is 0. The first-order valence-corrected chi connectivity index (χ1v) is 32.5. The molecule has 488 valence electrons. The fraction of sp³-hybridized carbons (Fsp3) is 0.831. The summed E-state index contributed by atoms with van der Waals surface area (Å²) in [7, 11) is 0. The third-order valence-electron chi connectivity index (χ3n) is 16.0. The highest BCUT2D eigenvalue weighted by atomic mass is 16.8. The Bertz CT molecular complexity index is 1770. The van der Waals surface area contributed by atoms with Gasteiger partial charge in [0.15, 0.2) is 18.9 Å². The number of hydrogen-bond donors (Lipinski definition) is 12. The third kappa shape index (κ3) is 30.1. The average molecular weight is 1200 g/mol. The van der Waals surface area contributed by atoms with E-state index in [4.69, 9.17) is 28.4 Å². The Hall–Kier alpha value is -2.51. The topological polar surface area (TPSA) is 307 Å². The smallest absolute Gasteiger partial charge is 0.220 e. The molecule has 12 N–H and O–H groups in total. The van der Waals surface area contributed by atoms with Gasteiger partial charge in [0.1, 0.15) is 73.2 Å². The van der Waals surface area contributed by atoms with Crippen LogP contribution in [0.25, 0.3) is 0 Å². The Morgan fingerprint density at radius 3 is 1.33 bits per heavy atom. The van der Waals surface area contributed by atoms with Crippen LogP contribution < -0.4 is 5.32 Å². The molecule has 84 heavy (non-hydrogen) atoms. The Kier molecular flexibility index (Phi) is 42.8. The van der Waals surface area contributed by atoms with Crippen LogP contribution in [-0.2, 0) is 33.2 Å². The van der Waals surface area contributed by atoms with Gasteiger partial charge in [-0.15, -0.1) is 0 Å². The van der Waals surface area contributed by atoms with E-state index in [1.54, 1.807) is 6.08 Å². The Labute approximate surface area is 503 Å². The largest absolute Gasteiger partial charge is 0.394 e. The van der Waals surface area contributed by atoms with Gasteiger partial charge in [-0.3, -0.25) is 4.79 Å². The van der Waals surface area contributed by atoms with Crippen LogP contribution in [0, 0.1) is 0 Å². The first-order valence-electron chi connectivity index (χ1n) is 32.5. The molecule has 0 bridgehead atoms. The summed E-state index contributed by atoms with van der Waals surface area (Å²) in [4.78, 5) is 13.3. The summed E-state index contributed by atoms with van der Waals surface area (Å²) in [5.41, 5.74) is 0. The van der Waals surface area contributed by atoms with Gasteiger partial charge in [-0.1, -0.05) is 203 Å². The van der Waals surface area contributed by atoms with Crippen LogP contribution >= 0.6 is 0 Å². The highest BCUT2D eigenvalue weighted by molar-refractivity contribution is 5.76. The number of hydrogen-bond acceptors (Lipinski definition) is 18. The molecule has 19 heteroatoms. The fourth-order valence-corrected chi connectivity index (χ4v) is 10.8. The van der Waals surface area contributed by atoms with Crippen LogP contribution in [0.4, 0.5) is 0 Å². The van der Waals surface area contributed by atoms with Crippen molar-refractivity contribution in [3.63, 3.8) is 0 Å². The zero-order chi connectivity index (χ0) is 61.2. The molecule has 3 aliphatic heterocycles. The van der Waals surface area contributed by atoms with Crippen LogP contribution in [-0.4, -0.2) is 193 Å². The van der Waals surface area contributed by atoms with Gasteiger partial charge in [0, 0.05) is 6.42 Å². The number of rotatable bonds is 48. The average Bonchev–Trinajstić information content (AvgIpc) is 2.92. The molecule has 3 fully saturated rings. The summed E-state index contributed by atoms with van der Waals surface area (Å²) in [6, 6.07) is -1.01. The lowest BCUT2D eigenvalue weighted by atomic mass is 9.96. The van der Waals surface area contributed by atoms with E-state index in [1.165, 1.54) is 122 Å². The molecule has 0 aromatic heterocycles. The van der Waals surface area contributed by atoms with Crippen LogP contribution in [0.15, 0.2) is 60.8 Å². The first kappa shape index (κ1) is 75.7. The number of allylic oxidation sites excluding steroid dienone is 9. The highest BCUT2D eigenvalue weighted by Gasteiger charge is 2.53. The standard InChI is InChI=1S/C65H115NO18/c1-3-5-7-9-11-13-15-17-18-19-20-21-22-23-24-25-26-27-28-29-31-32-34-36-38-40-42-49(70)48(66-53(71)43-41-39-37-35-33-30-16-14-12-10-8-6-4-2)47-79-63-59(77)56(74)61(51(45-68)81-63)84-65-60(78)57(75)62(52(46-69)82-65)83-64-58(76)55(73)54(72)50(44-67)80-64/h6,8,12,14,30,32-34,40,42,48-52,54-65,67-70,72-78H,3-5,7,9-11,13,15-29,31,35-39,41,43-47H2,1-2H3,(H,66,71)/b8-6-,14-12-,33-30-,34-32+,42-40+. The number of aliphatic hydroxyl groups excluding tert-OH is 11. The zero-order valence-electron chi connectivity index (χ0n) is 51.1. The van der Waals surface area contributed by atoms with Gasteiger partial charge in [-0.05, 0) is 64.2 Å². The van der Waals surface area contributed by atoms with E-state index in [0.29, 0.717) is 12.8 Å². The van der Waals surface area contributed by atoms with Crippen molar-refractivity contribution in [2.75, 3.05) is 26.4 Å². The van der Waals surface area contributed by atoms with Crippen molar-refractivity contribution in [1.82, 2.24) is 5.32 Å². The second-order valence-corrected chi connectivity index (χ2v) is 23.2. The molecule has 0 spiro atoms. The van der Waals surface area contributed by atoms with E-state index in [9.17, 15) is 61.0 Å². The molecule has 0 saturated carbocycles. The maximum Gasteiger partial charge on any atom is 0.220 e. The maximum absolute atomic E-state index is 13.3. The van der Waals surface area contributed by atoms with Gasteiger partial charge in [-0.25, -0.2) is 0 Å². The van der Waals surface area contributed by atoms with Crippen molar-refractivity contribution < 1.29 is 89.4 Å². The lowest BCUT2D eigenvalue weighted by Gasteiger charge is -2.48. The molecule has 17 atom stereocenters. The normalized spacial score (nSPS) is 29.6. The van der Waals surface area contributed by atoms with E-state index < -0.39 is 124 Å². The molecular formula is C65H115NO18. The summed E-state index contributed by atoms with van der Waals surface area (Å²) in [5.74, 6) is -0.316. The van der Waals surface area contributed by atoms with E-state index in [0.717, 1.165) is 57.8 Å². The minimum atomic E-state index is -1.99. The van der Waals surface area contributed by atoms with E-state index in [1.807, 2.05) is 6.08 Å². The first-order chi connectivity index (χ1) is 40.8. The quantitative estimate of drug-likeness (QED) is 0.0211. The number of nitrogens with one attached hydrogen (secondary N) is 1. The Morgan fingerprint density at radius 1 is 0.440 bits per heavy atom. The molecule has 3 rings (SSSR count). The van der Waals surface area contributed by atoms with Gasteiger partial charge < -0.3 is 89.9 Å². The van der Waals surface area contributed by atoms with Gasteiger partial charge in [0.05, 0.1) is 38.6 Å². The van der Waals surface area contributed by atoms with Crippen LogP contribution in [0.1, 0.15) is 213 Å². The minimum absolute atomic E-state index is 0.198. The van der Waals surface area contributed by atoms with Crippen molar-refractivity contribution in [3.05, 3.63) is 60.8 Å². The van der Waals surface area contributed by atoms with Crippen LogP contribution in [0.3, 0.4) is 0 Å². The lowest BCUT2D eigenvalue weighted by Crippen LogP contribution is -2.66. The summed E-state index contributed by atoms with van der Waals surface area (Å²) in [6.45, 7) is 1.56. The van der Waals surface area contributed by atoms with Crippen molar-refractivity contribution in [2.45, 2.75) is 317 Å². The Balaban J connectivity index is 1.46. The molecule has 3 aliphatic rings. The lowest BCUT2D eigenvalue weighted by molar-refractivity contribution is -0.379. The number of carbonyl (C=O) groups is 1. The van der Waals surface area contributed by atoms with Crippen molar-refractivity contribution in [1.29, 1.82) is 0 Å². The van der Waals surface area contributed by atoms with Crippen molar-refractivity contribution in [2.24, 2.45) is 0 Å². The van der Waals surface area contributed by atoms with Gasteiger partial charge in [-0.2, -0.15) is 0 Å². The van der Waals surface area contributed by atoms with E-state index in [2.05, 4.69) is 67.8 Å². The summed E-state index contributed by atoms with van der Waals surface area (Å²) in [5, 5.41) is 120. The molecule has 0 aromatic rings. The fourth-order valence-electron chi connectivity index (χ4n) is 10.8. The zero-order valence-corrected chi connectivity index (χ0v) is 51.1. The molecule has 0 aromatic carbocycles. The predicted molar refractivity (Wildman–Crippen MR) is 323 cm³/mol. The molecule has 0 radical (unpaired) electrons. The number of amides is 1. The second-order valence-electron chi connectivity index (χ2n) is 23.2. The molecule has 19 nitrogen and oxygen atoms in total. The summed E-state index contributed by atoms with van der Waals surface area (Å²) in [6.07, 6.45) is 29.4. The van der Waals surface area contributed by atoms with Crippen molar-refractivity contribution in [3.8, 4) is 0 Å². The minimum Gasteiger partial charge on any atom is -0.394 e. The van der Waals surface area contributed by atoms with Crippen LogP contribution in [0.2, 0.25) is 0 Å². The Morgan fingerprint density at radius 2 is 0.833 bits per heavy atom. The van der Waals surface area contributed by atoms with E-state index in [-0.39, 0.29) is 18.9 Å². The molecule has 0 aliphatic carbocycles. The second kappa shape index (κ2) is 47.5. The van der Waals surface area contributed by atoms with E-state index >= 15 is 0 Å². The molecular weight excluding hydrogens is 1080 g/mol. The maximum atomic E-state index is 13.3. The SMILES string of the molecule is CC/C=C\C/C=C\C/C=C\CCCCCC(=O)NC(COC1OC(CO)C(OC2OC(CO)C(OC3OC(CO)C(O)C(O)C3O)C(O)C2O)C(O)C1O)C(O)/C=C/CC/C=C/CCCCCCCCCCCCCCCCCCCCCC. The number of aliphatic hydroxyl groups is 11. The predicted octanol–water partition coefficient (Wildman–Crippen LogP) is 7.21. The van der Waals surface area contributed by atoms with Crippen molar-refractivity contribution >= 4 is 5.91 Å². The monoisotopic (exact) mass is 1200 g/mol. The van der Waals surface area contributed by atoms with Gasteiger partial charge in [0.2, 0.25) is 5.91 Å². The number of unbranched alkanes of at least 4 members (excludes halogenated alkanes) is 24. The third-order valence-corrected chi connectivity index (χ3v) is 16.0. The molecule has 3 heterocycles. The number of ether oxygens (including phenoxy) is 6. The number of carbonyl (C=O) groups excluding carboxylic acids is 1. The molecule has 17 unspecified atom stereocenters. The van der Waals surface area contributed by atoms with Gasteiger partial charge >= 0.3 is 0 Å². The van der Waals surface area contributed by atoms with Crippen LogP contribution in [0.5, 0.6) is 0 Å². The van der Waals surface area contributed by atoms with Gasteiger partial charge in [0.25, 0.3) is 0 Å². The molecule has 3 saturated heterocycles. The highest BCUT2D eigenvalue weighted by Crippen LogP contribution is 2.33. The summed E-state index contributed by atoms with van der Waals surface area (Å²) < 4.78 is 34.2.